The van der Waals surface area contributed by atoms with Crippen LogP contribution in [0.25, 0.3) is 0 Å². The lowest BCUT2D eigenvalue weighted by Crippen LogP contribution is -2.37. The second-order valence-corrected chi connectivity index (χ2v) is 5.41. The number of thioether (sulfide) groups is 1. The second-order valence-electron chi connectivity index (χ2n) is 4.53. The highest BCUT2D eigenvalue weighted by molar-refractivity contribution is 7.98. The predicted molar refractivity (Wildman–Crippen MR) is 88.8 cm³/mol. The van der Waals surface area contributed by atoms with E-state index in [0.29, 0.717) is 0 Å². The van der Waals surface area contributed by atoms with Crippen molar-refractivity contribution in [1.29, 1.82) is 0 Å². The lowest BCUT2D eigenvalue weighted by Gasteiger charge is -2.11. The van der Waals surface area contributed by atoms with Gasteiger partial charge in [-0.05, 0) is 36.1 Å². The van der Waals surface area contributed by atoms with Crippen LogP contribution in [0.2, 0.25) is 0 Å². The van der Waals surface area contributed by atoms with Gasteiger partial charge >= 0.3 is 0 Å². The van der Waals surface area contributed by atoms with Gasteiger partial charge in [-0.1, -0.05) is 12.1 Å². The van der Waals surface area contributed by atoms with E-state index in [9.17, 15) is 0 Å². The van der Waals surface area contributed by atoms with E-state index in [1.54, 1.807) is 25.1 Å². The molecule has 1 aromatic carbocycles. The van der Waals surface area contributed by atoms with Gasteiger partial charge in [0.05, 0.1) is 6.26 Å². The van der Waals surface area contributed by atoms with Crippen LogP contribution in [0.3, 0.4) is 0 Å². The largest absolute Gasteiger partial charge is 0.469 e. The number of aliphatic imine (C=N–C) groups is 1. The van der Waals surface area contributed by atoms with Gasteiger partial charge in [0.25, 0.3) is 0 Å². The number of hydrogen-bond acceptors (Lipinski definition) is 3. The molecule has 0 spiro atoms. The average molecular weight is 303 g/mol. The molecule has 5 heteroatoms. The van der Waals surface area contributed by atoms with E-state index >= 15 is 0 Å². The standard InChI is InChI=1S/C16H21N3OS/c1-17-16(18-10-9-14-4-3-11-20-14)19-12-13-5-7-15(21-2)8-6-13/h3-8,11H,9-10,12H2,1-2H3,(H2,17,18,19). The minimum atomic E-state index is 0.759. The van der Waals surface area contributed by atoms with Crippen molar-refractivity contribution in [3.05, 3.63) is 54.0 Å². The molecule has 1 aromatic heterocycles. The maximum Gasteiger partial charge on any atom is 0.191 e. The zero-order chi connectivity index (χ0) is 14.9. The molecule has 0 bridgehead atoms. The molecule has 0 aliphatic heterocycles. The van der Waals surface area contributed by atoms with Gasteiger partial charge in [-0.2, -0.15) is 0 Å². The molecule has 2 N–H and O–H groups in total. The smallest absolute Gasteiger partial charge is 0.191 e. The highest BCUT2D eigenvalue weighted by Crippen LogP contribution is 2.14. The summed E-state index contributed by atoms with van der Waals surface area (Å²) >= 11 is 1.75. The van der Waals surface area contributed by atoms with Crippen LogP contribution in [-0.4, -0.2) is 25.8 Å². The van der Waals surface area contributed by atoms with Crippen LogP contribution < -0.4 is 10.6 Å². The van der Waals surface area contributed by atoms with Crippen LogP contribution >= 0.6 is 11.8 Å². The molecular formula is C16H21N3OS. The Labute approximate surface area is 130 Å². The van der Waals surface area contributed by atoms with Gasteiger partial charge in [-0.3, -0.25) is 4.99 Å². The normalized spacial score (nSPS) is 11.4. The molecule has 0 fully saturated rings. The third-order valence-electron chi connectivity index (χ3n) is 3.09. The molecule has 0 saturated carbocycles. The van der Waals surface area contributed by atoms with Crippen molar-refractivity contribution in [3.8, 4) is 0 Å². The van der Waals surface area contributed by atoms with E-state index in [4.69, 9.17) is 4.42 Å². The van der Waals surface area contributed by atoms with Gasteiger partial charge in [-0.15, -0.1) is 11.8 Å². The molecule has 0 amide bonds. The van der Waals surface area contributed by atoms with Gasteiger partial charge in [0, 0.05) is 31.5 Å². The van der Waals surface area contributed by atoms with Gasteiger partial charge in [0.1, 0.15) is 5.76 Å². The SMILES string of the molecule is CN=C(NCCc1ccco1)NCc1ccc(SC)cc1. The molecule has 0 saturated heterocycles. The fraction of sp³-hybridized carbons (Fsp3) is 0.312. The van der Waals surface area contributed by atoms with Crippen molar-refractivity contribution in [1.82, 2.24) is 10.6 Å². The Balaban J connectivity index is 1.74. The number of nitrogens with zero attached hydrogens (tertiary/aromatic N) is 1. The van der Waals surface area contributed by atoms with E-state index < -0.39 is 0 Å². The van der Waals surface area contributed by atoms with Gasteiger partial charge < -0.3 is 15.1 Å². The molecular weight excluding hydrogens is 282 g/mol. The van der Waals surface area contributed by atoms with E-state index in [1.165, 1.54) is 10.5 Å². The van der Waals surface area contributed by atoms with E-state index in [-0.39, 0.29) is 0 Å². The van der Waals surface area contributed by atoms with Crippen LogP contribution in [-0.2, 0) is 13.0 Å². The average Bonchev–Trinajstić information content (AvgIpc) is 3.04. The molecule has 4 nitrogen and oxygen atoms in total. The van der Waals surface area contributed by atoms with E-state index in [1.807, 2.05) is 12.1 Å². The Morgan fingerprint density at radius 1 is 1.19 bits per heavy atom. The number of nitrogens with one attached hydrogen (secondary N) is 2. The van der Waals surface area contributed by atoms with E-state index in [2.05, 4.69) is 46.1 Å². The van der Waals surface area contributed by atoms with Crippen molar-refractivity contribution >= 4 is 17.7 Å². The molecule has 0 aliphatic rings. The number of guanidine groups is 1. The Morgan fingerprint density at radius 2 is 2.00 bits per heavy atom. The summed E-state index contributed by atoms with van der Waals surface area (Å²) in [5.74, 6) is 1.78. The molecule has 0 unspecified atom stereocenters. The van der Waals surface area contributed by atoms with Gasteiger partial charge in [0.2, 0.25) is 0 Å². The van der Waals surface area contributed by atoms with E-state index in [0.717, 1.165) is 31.2 Å². The monoisotopic (exact) mass is 303 g/mol. The Bertz CT molecular complexity index is 549. The van der Waals surface area contributed by atoms with Gasteiger partial charge in [0.15, 0.2) is 5.96 Å². The molecule has 0 atom stereocenters. The fourth-order valence-electron chi connectivity index (χ4n) is 1.91. The molecule has 112 valence electrons. The van der Waals surface area contributed by atoms with Crippen LogP contribution in [0.5, 0.6) is 0 Å². The quantitative estimate of drug-likeness (QED) is 0.489. The summed E-state index contributed by atoms with van der Waals surface area (Å²) < 4.78 is 5.30. The summed E-state index contributed by atoms with van der Waals surface area (Å²) in [6, 6.07) is 12.4. The highest BCUT2D eigenvalue weighted by atomic mass is 32.2. The lowest BCUT2D eigenvalue weighted by molar-refractivity contribution is 0.507. The number of rotatable bonds is 6. The Kier molecular flexibility index (Phi) is 6.22. The molecule has 0 radical (unpaired) electrons. The van der Waals surface area contributed by atoms with Crippen molar-refractivity contribution in [2.45, 2.75) is 17.9 Å². The summed E-state index contributed by atoms with van der Waals surface area (Å²) in [6.45, 7) is 1.55. The maximum atomic E-state index is 5.30. The molecule has 1 heterocycles. The van der Waals surface area contributed by atoms with Crippen molar-refractivity contribution in [2.24, 2.45) is 4.99 Å². The summed E-state index contributed by atoms with van der Waals surface area (Å²) in [5, 5.41) is 6.58. The summed E-state index contributed by atoms with van der Waals surface area (Å²) in [5.41, 5.74) is 1.24. The van der Waals surface area contributed by atoms with Crippen molar-refractivity contribution in [2.75, 3.05) is 19.8 Å². The summed E-state index contributed by atoms with van der Waals surface area (Å²) in [4.78, 5) is 5.49. The third kappa shape index (κ3) is 5.19. The minimum Gasteiger partial charge on any atom is -0.469 e. The first-order valence-electron chi connectivity index (χ1n) is 6.91. The van der Waals surface area contributed by atoms with Crippen molar-refractivity contribution in [3.63, 3.8) is 0 Å². The second kappa shape index (κ2) is 8.42. The van der Waals surface area contributed by atoms with Gasteiger partial charge in [-0.25, -0.2) is 0 Å². The topological polar surface area (TPSA) is 49.6 Å². The lowest BCUT2D eigenvalue weighted by atomic mass is 10.2. The maximum absolute atomic E-state index is 5.30. The molecule has 21 heavy (non-hydrogen) atoms. The first-order valence-corrected chi connectivity index (χ1v) is 8.14. The van der Waals surface area contributed by atoms with Crippen LogP contribution in [0.1, 0.15) is 11.3 Å². The van der Waals surface area contributed by atoms with Crippen LogP contribution in [0.4, 0.5) is 0 Å². The number of benzene rings is 1. The Hall–Kier alpha value is -1.88. The van der Waals surface area contributed by atoms with Crippen LogP contribution in [0, 0.1) is 0 Å². The zero-order valence-corrected chi connectivity index (χ0v) is 13.2. The predicted octanol–water partition coefficient (Wildman–Crippen LogP) is 2.91. The molecule has 2 aromatic rings. The number of furan rings is 1. The highest BCUT2D eigenvalue weighted by Gasteiger charge is 2.00. The Morgan fingerprint density at radius 3 is 2.62 bits per heavy atom. The molecule has 2 rings (SSSR count). The minimum absolute atomic E-state index is 0.759. The third-order valence-corrected chi connectivity index (χ3v) is 3.83. The zero-order valence-electron chi connectivity index (χ0n) is 12.4. The van der Waals surface area contributed by atoms with Crippen LogP contribution in [0.15, 0.2) is 57.0 Å². The van der Waals surface area contributed by atoms with Crippen molar-refractivity contribution < 1.29 is 4.42 Å². The first-order chi connectivity index (χ1) is 10.3. The summed E-state index contributed by atoms with van der Waals surface area (Å²) in [6.07, 6.45) is 4.62. The number of hydrogen-bond donors (Lipinski definition) is 2. The first kappa shape index (κ1) is 15.5. The summed E-state index contributed by atoms with van der Waals surface area (Å²) in [7, 11) is 1.78. The fourth-order valence-corrected chi connectivity index (χ4v) is 2.32. The molecule has 0 aliphatic carbocycles.